The standard InChI is InChI=1S/C20H22N2O3/c1-15(23)21-12-5-13-22(19-7-4-3-6-18(19)21)20(24)17-10-8-16(9-11-17)14-25-2/h3-4,6-11H,5,12-14H2,1-2H3. The van der Waals surface area contributed by atoms with Crippen LogP contribution in [-0.4, -0.2) is 32.0 Å². The molecule has 0 radical (unpaired) electrons. The van der Waals surface area contributed by atoms with Gasteiger partial charge in [-0.3, -0.25) is 9.59 Å². The third kappa shape index (κ3) is 3.56. The summed E-state index contributed by atoms with van der Waals surface area (Å²) in [7, 11) is 1.65. The van der Waals surface area contributed by atoms with E-state index in [4.69, 9.17) is 4.74 Å². The Morgan fingerprint density at radius 1 is 0.960 bits per heavy atom. The molecule has 0 saturated heterocycles. The minimum Gasteiger partial charge on any atom is -0.380 e. The summed E-state index contributed by atoms with van der Waals surface area (Å²) in [5.74, 6) is -0.0625. The van der Waals surface area contributed by atoms with Gasteiger partial charge in [0.2, 0.25) is 5.91 Å². The summed E-state index contributed by atoms with van der Waals surface area (Å²) in [6.07, 6.45) is 0.738. The number of hydrogen-bond acceptors (Lipinski definition) is 3. The Kier molecular flexibility index (Phi) is 5.14. The van der Waals surface area contributed by atoms with Crippen molar-refractivity contribution >= 4 is 23.2 Å². The van der Waals surface area contributed by atoms with Crippen LogP contribution in [0.1, 0.15) is 29.3 Å². The smallest absolute Gasteiger partial charge is 0.258 e. The van der Waals surface area contributed by atoms with E-state index in [0.717, 1.165) is 23.4 Å². The zero-order valence-electron chi connectivity index (χ0n) is 14.6. The molecule has 0 fully saturated rings. The minimum atomic E-state index is -0.0539. The van der Waals surface area contributed by atoms with E-state index < -0.39 is 0 Å². The van der Waals surface area contributed by atoms with Crippen molar-refractivity contribution in [1.82, 2.24) is 0 Å². The molecule has 1 aliphatic heterocycles. The third-order valence-electron chi connectivity index (χ3n) is 4.36. The van der Waals surface area contributed by atoms with Gasteiger partial charge >= 0.3 is 0 Å². The third-order valence-corrected chi connectivity index (χ3v) is 4.36. The number of hydrogen-bond donors (Lipinski definition) is 0. The summed E-state index contributed by atoms with van der Waals surface area (Å²) in [4.78, 5) is 28.5. The van der Waals surface area contributed by atoms with Crippen molar-refractivity contribution in [3.05, 3.63) is 59.7 Å². The Hall–Kier alpha value is -2.66. The molecular weight excluding hydrogens is 316 g/mol. The molecule has 0 atom stereocenters. The molecule has 0 saturated carbocycles. The molecule has 1 aliphatic rings. The number of nitrogens with zero attached hydrogens (tertiary/aromatic N) is 2. The second kappa shape index (κ2) is 7.49. The maximum absolute atomic E-state index is 13.1. The maximum atomic E-state index is 13.1. The largest absolute Gasteiger partial charge is 0.380 e. The van der Waals surface area contributed by atoms with Gasteiger partial charge < -0.3 is 14.5 Å². The number of carbonyl (C=O) groups excluding carboxylic acids is 2. The van der Waals surface area contributed by atoms with Crippen molar-refractivity contribution in [3.63, 3.8) is 0 Å². The number of amides is 2. The molecular formula is C20H22N2O3. The van der Waals surface area contributed by atoms with E-state index in [1.807, 2.05) is 48.5 Å². The van der Waals surface area contributed by atoms with Crippen LogP contribution < -0.4 is 9.80 Å². The first kappa shape index (κ1) is 17.2. The van der Waals surface area contributed by atoms with Gasteiger partial charge in [-0.1, -0.05) is 24.3 Å². The van der Waals surface area contributed by atoms with Crippen molar-refractivity contribution in [2.45, 2.75) is 20.0 Å². The first-order valence-corrected chi connectivity index (χ1v) is 8.38. The fraction of sp³-hybridized carbons (Fsp3) is 0.300. The Morgan fingerprint density at radius 2 is 1.56 bits per heavy atom. The molecule has 1 heterocycles. The predicted octanol–water partition coefficient (Wildman–Crippen LogP) is 3.24. The van der Waals surface area contributed by atoms with Crippen molar-refractivity contribution < 1.29 is 14.3 Å². The molecule has 0 spiro atoms. The summed E-state index contributed by atoms with van der Waals surface area (Å²) >= 11 is 0. The van der Waals surface area contributed by atoms with Crippen LogP contribution >= 0.6 is 0 Å². The monoisotopic (exact) mass is 338 g/mol. The summed E-state index contributed by atoms with van der Waals surface area (Å²) in [6.45, 7) is 3.28. The zero-order chi connectivity index (χ0) is 17.8. The van der Waals surface area contributed by atoms with Gasteiger partial charge in [-0.2, -0.15) is 0 Å². The van der Waals surface area contributed by atoms with E-state index >= 15 is 0 Å². The number of para-hydroxylation sites is 2. The highest BCUT2D eigenvalue weighted by atomic mass is 16.5. The zero-order valence-corrected chi connectivity index (χ0v) is 14.6. The number of anilines is 2. The van der Waals surface area contributed by atoms with Gasteiger partial charge in [-0.15, -0.1) is 0 Å². The molecule has 130 valence electrons. The normalized spacial score (nSPS) is 14.0. The number of carbonyl (C=O) groups is 2. The number of methoxy groups -OCH3 is 1. The van der Waals surface area contributed by atoms with Crippen LogP contribution in [0.15, 0.2) is 48.5 Å². The minimum absolute atomic E-state index is 0.00864. The van der Waals surface area contributed by atoms with Crippen molar-refractivity contribution in [1.29, 1.82) is 0 Å². The summed E-state index contributed by atoms with van der Waals surface area (Å²) < 4.78 is 5.11. The highest BCUT2D eigenvalue weighted by Crippen LogP contribution is 2.33. The lowest BCUT2D eigenvalue weighted by atomic mass is 10.1. The van der Waals surface area contributed by atoms with E-state index in [-0.39, 0.29) is 11.8 Å². The van der Waals surface area contributed by atoms with Crippen LogP contribution in [0.4, 0.5) is 11.4 Å². The van der Waals surface area contributed by atoms with E-state index in [1.165, 1.54) is 0 Å². The van der Waals surface area contributed by atoms with Crippen molar-refractivity contribution in [3.8, 4) is 0 Å². The molecule has 25 heavy (non-hydrogen) atoms. The number of ether oxygens (including phenoxy) is 1. The fourth-order valence-corrected chi connectivity index (χ4v) is 3.15. The SMILES string of the molecule is COCc1ccc(C(=O)N2CCCN(C(C)=O)c3ccccc32)cc1. The van der Waals surface area contributed by atoms with E-state index in [9.17, 15) is 9.59 Å². The Labute approximate surface area is 147 Å². The predicted molar refractivity (Wildman–Crippen MR) is 97.9 cm³/mol. The first-order valence-electron chi connectivity index (χ1n) is 8.38. The molecule has 2 aromatic carbocycles. The molecule has 5 nitrogen and oxygen atoms in total. The van der Waals surface area contributed by atoms with Gasteiger partial charge in [0.25, 0.3) is 5.91 Å². The lowest BCUT2D eigenvalue weighted by molar-refractivity contribution is -0.116. The second-order valence-electron chi connectivity index (χ2n) is 6.10. The Balaban J connectivity index is 1.94. The van der Waals surface area contributed by atoms with Gasteiger partial charge in [0, 0.05) is 32.7 Å². The van der Waals surface area contributed by atoms with E-state index in [1.54, 1.807) is 23.8 Å². The van der Waals surface area contributed by atoms with Crippen molar-refractivity contribution in [2.75, 3.05) is 30.0 Å². The molecule has 2 amide bonds. The van der Waals surface area contributed by atoms with Crippen LogP contribution in [0, 0.1) is 0 Å². The Bertz CT molecular complexity index is 771. The topological polar surface area (TPSA) is 49.9 Å². The van der Waals surface area contributed by atoms with Gasteiger partial charge in [0.1, 0.15) is 0 Å². The lowest BCUT2D eigenvalue weighted by Gasteiger charge is -2.25. The molecule has 0 aliphatic carbocycles. The highest BCUT2D eigenvalue weighted by Gasteiger charge is 2.26. The molecule has 5 heteroatoms. The maximum Gasteiger partial charge on any atom is 0.258 e. The molecule has 0 bridgehead atoms. The fourth-order valence-electron chi connectivity index (χ4n) is 3.15. The second-order valence-corrected chi connectivity index (χ2v) is 6.10. The summed E-state index contributed by atoms with van der Waals surface area (Å²) in [6, 6.07) is 15.0. The number of benzene rings is 2. The van der Waals surface area contributed by atoms with Gasteiger partial charge in [-0.05, 0) is 36.2 Å². The van der Waals surface area contributed by atoms with E-state index in [2.05, 4.69) is 0 Å². The van der Waals surface area contributed by atoms with Crippen molar-refractivity contribution in [2.24, 2.45) is 0 Å². The molecule has 3 rings (SSSR count). The van der Waals surface area contributed by atoms with E-state index in [0.29, 0.717) is 25.3 Å². The summed E-state index contributed by atoms with van der Waals surface area (Å²) in [5.41, 5.74) is 3.22. The molecule has 2 aromatic rings. The number of rotatable bonds is 3. The van der Waals surface area contributed by atoms with Gasteiger partial charge in [-0.25, -0.2) is 0 Å². The number of fused-ring (bicyclic) bond motifs is 1. The average Bonchev–Trinajstić information content (AvgIpc) is 2.82. The Morgan fingerprint density at radius 3 is 2.16 bits per heavy atom. The average molecular weight is 338 g/mol. The molecule has 0 unspecified atom stereocenters. The van der Waals surface area contributed by atoms with Gasteiger partial charge in [0.15, 0.2) is 0 Å². The van der Waals surface area contributed by atoms with Crippen LogP contribution in [-0.2, 0) is 16.1 Å². The van der Waals surface area contributed by atoms with Crippen LogP contribution in [0.25, 0.3) is 0 Å². The van der Waals surface area contributed by atoms with Crippen LogP contribution in [0.2, 0.25) is 0 Å². The molecule has 0 N–H and O–H groups in total. The first-order chi connectivity index (χ1) is 12.1. The summed E-state index contributed by atoms with van der Waals surface area (Å²) in [5, 5.41) is 0. The van der Waals surface area contributed by atoms with Crippen LogP contribution in [0.3, 0.4) is 0 Å². The van der Waals surface area contributed by atoms with Crippen LogP contribution in [0.5, 0.6) is 0 Å². The highest BCUT2D eigenvalue weighted by molar-refractivity contribution is 6.09. The van der Waals surface area contributed by atoms with Gasteiger partial charge in [0.05, 0.1) is 18.0 Å². The molecule has 0 aromatic heterocycles. The lowest BCUT2D eigenvalue weighted by Crippen LogP contribution is -2.31. The quantitative estimate of drug-likeness (QED) is 0.863.